The largest absolute Gasteiger partial charge is 0.381 e. The van der Waals surface area contributed by atoms with Gasteiger partial charge in [0.05, 0.1) is 16.6 Å². The highest BCUT2D eigenvalue weighted by molar-refractivity contribution is 7.20. The quantitative estimate of drug-likeness (QED) is 0.677. The van der Waals surface area contributed by atoms with E-state index in [1.165, 1.54) is 0 Å². The minimum absolute atomic E-state index is 0.0565. The third-order valence-corrected chi connectivity index (χ3v) is 9.58. The summed E-state index contributed by atoms with van der Waals surface area (Å²) in [5.41, 5.74) is 1.00. The Labute approximate surface area is 212 Å². The fraction of sp³-hybridized carbons (Fsp3) is 0.731. The Hall–Kier alpha value is -1.97. The minimum Gasteiger partial charge on any atom is -0.381 e. The van der Waals surface area contributed by atoms with Crippen molar-refractivity contribution in [1.29, 1.82) is 0 Å². The third kappa shape index (κ3) is 5.27. The molecule has 1 atom stereocenters. The van der Waals surface area contributed by atoms with E-state index in [-0.39, 0.29) is 17.9 Å². The maximum atomic E-state index is 13.1. The average Bonchev–Trinajstić information content (AvgIpc) is 3.45. The molecule has 0 aromatic carbocycles. The van der Waals surface area contributed by atoms with Crippen LogP contribution in [0.2, 0.25) is 0 Å². The van der Waals surface area contributed by atoms with E-state index in [0.29, 0.717) is 18.0 Å². The molecule has 2 aromatic heterocycles. The second-order valence-corrected chi connectivity index (χ2v) is 11.6. The molecule has 5 rings (SSSR count). The van der Waals surface area contributed by atoms with Crippen molar-refractivity contribution in [3.8, 4) is 0 Å². The monoisotopic (exact) mass is 501 g/mol. The highest BCUT2D eigenvalue weighted by Gasteiger charge is 2.31. The number of hydrogen-bond acceptors (Lipinski definition) is 6. The number of carbonyl (C=O) groups is 2. The summed E-state index contributed by atoms with van der Waals surface area (Å²) in [6.45, 7) is 11.2. The zero-order chi connectivity index (χ0) is 24.5. The molecule has 2 aliphatic heterocycles. The van der Waals surface area contributed by atoms with Crippen LogP contribution in [0.25, 0.3) is 10.2 Å². The van der Waals surface area contributed by atoms with E-state index in [2.05, 4.69) is 21.8 Å². The molecule has 192 valence electrons. The minimum atomic E-state index is 0.0565. The number of thiophene rings is 1. The number of ether oxygens (including phenoxy) is 1. The Morgan fingerprint density at radius 1 is 1.09 bits per heavy atom. The van der Waals surface area contributed by atoms with Crippen molar-refractivity contribution in [1.82, 2.24) is 24.9 Å². The maximum absolute atomic E-state index is 13.1. The first-order valence-corrected chi connectivity index (χ1v) is 14.1. The van der Waals surface area contributed by atoms with E-state index in [9.17, 15) is 9.59 Å². The summed E-state index contributed by atoms with van der Waals surface area (Å²) in [5.74, 6) is 0.897. The van der Waals surface area contributed by atoms with Gasteiger partial charge in [0.25, 0.3) is 5.91 Å². The van der Waals surface area contributed by atoms with Gasteiger partial charge < -0.3 is 15.0 Å². The van der Waals surface area contributed by atoms with Crippen LogP contribution in [0, 0.1) is 12.8 Å². The van der Waals surface area contributed by atoms with E-state index < -0.39 is 0 Å². The van der Waals surface area contributed by atoms with Crippen LogP contribution in [0.5, 0.6) is 0 Å². The number of hydrogen-bond donors (Lipinski definition) is 1. The summed E-state index contributed by atoms with van der Waals surface area (Å²) in [6.07, 6.45) is 6.31. The van der Waals surface area contributed by atoms with Crippen LogP contribution in [0.15, 0.2) is 6.07 Å². The van der Waals surface area contributed by atoms with Crippen molar-refractivity contribution in [3.05, 3.63) is 16.6 Å². The molecule has 1 aliphatic carbocycles. The Bertz CT molecular complexity index is 1040. The van der Waals surface area contributed by atoms with Gasteiger partial charge in [0.1, 0.15) is 4.83 Å². The summed E-state index contributed by atoms with van der Waals surface area (Å²) in [4.78, 5) is 31.1. The summed E-state index contributed by atoms with van der Waals surface area (Å²) in [6, 6.07) is 3.16. The molecular weight excluding hydrogens is 462 g/mol. The Kier molecular flexibility index (Phi) is 7.46. The number of aryl methyl sites for hydroxylation is 1. The van der Waals surface area contributed by atoms with Gasteiger partial charge in [-0.2, -0.15) is 5.10 Å². The number of aromatic nitrogens is 2. The van der Waals surface area contributed by atoms with Crippen molar-refractivity contribution >= 4 is 33.4 Å². The highest BCUT2D eigenvalue weighted by atomic mass is 32.1. The van der Waals surface area contributed by atoms with Crippen molar-refractivity contribution in [2.24, 2.45) is 5.92 Å². The van der Waals surface area contributed by atoms with Gasteiger partial charge in [-0.05, 0) is 64.4 Å². The molecule has 2 saturated heterocycles. The zero-order valence-electron chi connectivity index (χ0n) is 21.3. The molecule has 3 fully saturated rings. The van der Waals surface area contributed by atoms with Crippen LogP contribution >= 0.6 is 11.3 Å². The lowest BCUT2D eigenvalue weighted by molar-refractivity contribution is -0.131. The smallest absolute Gasteiger partial charge is 0.261 e. The third-order valence-electron chi connectivity index (χ3n) is 8.45. The molecule has 3 aliphatic rings. The van der Waals surface area contributed by atoms with Crippen LogP contribution in [0.4, 0.5) is 0 Å². The van der Waals surface area contributed by atoms with Gasteiger partial charge in [-0.1, -0.05) is 0 Å². The number of carbonyl (C=O) groups excluding carboxylic acids is 2. The lowest BCUT2D eigenvalue weighted by Gasteiger charge is -2.42. The SMILES string of the molecule is CC(=O)N1CCN(C(C)C2CCC(NC(=O)c3cc4c(C)nn(C5CCOCC5)c4s3)CC2)CC1. The predicted molar refractivity (Wildman–Crippen MR) is 138 cm³/mol. The number of nitrogens with zero attached hydrogens (tertiary/aromatic N) is 4. The van der Waals surface area contributed by atoms with Crippen molar-refractivity contribution in [2.75, 3.05) is 39.4 Å². The number of piperazine rings is 1. The summed E-state index contributed by atoms with van der Waals surface area (Å²) in [7, 11) is 0. The number of rotatable bonds is 5. The van der Waals surface area contributed by atoms with Gasteiger partial charge in [0, 0.05) is 63.8 Å². The van der Waals surface area contributed by atoms with Gasteiger partial charge in [0.15, 0.2) is 0 Å². The Morgan fingerprint density at radius 3 is 2.43 bits per heavy atom. The van der Waals surface area contributed by atoms with E-state index in [1.807, 2.05) is 17.9 Å². The normalized spacial score (nSPS) is 25.6. The van der Waals surface area contributed by atoms with Gasteiger partial charge in [-0.3, -0.25) is 19.2 Å². The Balaban J connectivity index is 1.15. The lowest BCUT2D eigenvalue weighted by atomic mass is 9.81. The van der Waals surface area contributed by atoms with Crippen LogP contribution in [0.1, 0.15) is 73.8 Å². The van der Waals surface area contributed by atoms with Crippen LogP contribution in [0.3, 0.4) is 0 Å². The highest BCUT2D eigenvalue weighted by Crippen LogP contribution is 2.34. The van der Waals surface area contributed by atoms with Gasteiger partial charge in [-0.25, -0.2) is 0 Å². The lowest BCUT2D eigenvalue weighted by Crippen LogP contribution is -2.53. The first-order chi connectivity index (χ1) is 16.9. The molecule has 9 heteroatoms. The molecule has 1 saturated carbocycles. The second kappa shape index (κ2) is 10.6. The van der Waals surface area contributed by atoms with Crippen molar-refractivity contribution in [2.45, 2.75) is 77.4 Å². The first kappa shape index (κ1) is 24.7. The fourth-order valence-corrected chi connectivity index (χ4v) is 7.24. The molecule has 8 nitrogen and oxygen atoms in total. The van der Waals surface area contributed by atoms with E-state index in [0.717, 1.165) is 98.7 Å². The maximum Gasteiger partial charge on any atom is 0.261 e. The van der Waals surface area contributed by atoms with Crippen LogP contribution in [-0.4, -0.2) is 82.9 Å². The van der Waals surface area contributed by atoms with E-state index in [1.54, 1.807) is 18.3 Å². The summed E-state index contributed by atoms with van der Waals surface area (Å²) >= 11 is 1.57. The predicted octanol–water partition coefficient (Wildman–Crippen LogP) is 3.60. The zero-order valence-corrected chi connectivity index (χ0v) is 22.1. The fourth-order valence-electron chi connectivity index (χ4n) is 6.11. The Morgan fingerprint density at radius 2 is 1.77 bits per heavy atom. The summed E-state index contributed by atoms with van der Waals surface area (Å²) in [5, 5.41) is 9.21. The molecule has 35 heavy (non-hydrogen) atoms. The second-order valence-electron chi connectivity index (χ2n) is 10.6. The summed E-state index contributed by atoms with van der Waals surface area (Å²) < 4.78 is 7.66. The molecule has 0 radical (unpaired) electrons. The van der Waals surface area contributed by atoms with Gasteiger partial charge >= 0.3 is 0 Å². The standard InChI is InChI=1S/C26H39N5O3S/c1-17-23-16-24(35-26(23)31(28-17)22-8-14-34-15-9-22)25(33)27-21-6-4-20(5-7-21)18(2)29-10-12-30(13-11-29)19(3)32/h16,18,20-22H,4-15H2,1-3H3,(H,27,33). The molecule has 1 N–H and O–H groups in total. The van der Waals surface area contributed by atoms with E-state index in [4.69, 9.17) is 9.84 Å². The molecule has 1 unspecified atom stereocenters. The molecule has 4 heterocycles. The van der Waals surface area contributed by atoms with Crippen molar-refractivity contribution < 1.29 is 14.3 Å². The average molecular weight is 502 g/mol. The molecule has 0 spiro atoms. The molecule has 2 aromatic rings. The van der Waals surface area contributed by atoms with Gasteiger partial charge in [-0.15, -0.1) is 11.3 Å². The molecule has 0 bridgehead atoms. The molecule has 2 amide bonds. The first-order valence-electron chi connectivity index (χ1n) is 13.3. The van der Waals surface area contributed by atoms with Crippen LogP contribution in [-0.2, 0) is 9.53 Å². The topological polar surface area (TPSA) is 79.7 Å². The number of fused-ring (bicyclic) bond motifs is 1. The van der Waals surface area contributed by atoms with Gasteiger partial charge in [0.2, 0.25) is 5.91 Å². The molecular formula is C26H39N5O3S. The van der Waals surface area contributed by atoms with E-state index >= 15 is 0 Å². The van der Waals surface area contributed by atoms with Crippen LogP contribution < -0.4 is 5.32 Å². The van der Waals surface area contributed by atoms with Crippen molar-refractivity contribution in [3.63, 3.8) is 0 Å². The number of amides is 2. The number of nitrogens with one attached hydrogen (secondary N) is 1.